The van der Waals surface area contributed by atoms with Gasteiger partial charge in [0.05, 0.1) is 0 Å². The van der Waals surface area contributed by atoms with Crippen molar-refractivity contribution in [2.24, 2.45) is 17.8 Å². The normalized spacial score (nSPS) is 11.8. The van der Waals surface area contributed by atoms with Gasteiger partial charge < -0.3 is 1.43 Å². The van der Waals surface area contributed by atoms with Crippen molar-refractivity contribution in [3.05, 3.63) is 0 Å². The van der Waals surface area contributed by atoms with E-state index in [9.17, 15) is 0 Å². The maximum Gasteiger partial charge on any atom is -1.00 e. The van der Waals surface area contributed by atoms with Gasteiger partial charge in [-0.25, -0.2) is 0 Å². The van der Waals surface area contributed by atoms with Crippen molar-refractivity contribution in [1.82, 2.24) is 0 Å². The molecule has 117 valence electrons. The molecule has 0 amide bonds. The first-order valence-corrected chi connectivity index (χ1v) is 16.4. The van der Waals surface area contributed by atoms with Crippen LogP contribution >= 0.6 is 0 Å². The first kappa shape index (κ1) is 19.9. The van der Waals surface area contributed by atoms with E-state index in [-0.39, 0.29) is 1.43 Å². The summed E-state index contributed by atoms with van der Waals surface area (Å²) in [6, 6.07) is 0. The van der Waals surface area contributed by atoms with E-state index in [1.165, 1.54) is 19.3 Å². The van der Waals surface area contributed by atoms with E-state index >= 15 is 0 Å². The first-order valence-electron chi connectivity index (χ1n) is 8.75. The van der Waals surface area contributed by atoms with Crippen LogP contribution in [0.3, 0.4) is 0 Å². The molecule has 0 N–H and O–H groups in total. The fourth-order valence-electron chi connectivity index (χ4n) is 2.66. The number of hydrogen-bond acceptors (Lipinski definition) is 0. The minimum Gasteiger partial charge on any atom is -1.00 e. The number of hydrogen-bond donors (Lipinski definition) is 0. The van der Waals surface area contributed by atoms with Crippen LogP contribution in [0, 0.1) is 17.8 Å². The molecule has 0 saturated carbocycles. The second-order valence-electron chi connectivity index (χ2n) is 7.61. The van der Waals surface area contributed by atoms with Gasteiger partial charge in [0.1, 0.15) is 0 Å². The third kappa shape index (κ3) is 15.1. The summed E-state index contributed by atoms with van der Waals surface area (Å²) in [4.78, 5) is 0. The van der Waals surface area contributed by atoms with Crippen LogP contribution in [-0.4, -0.2) is 0 Å². The van der Waals surface area contributed by atoms with Gasteiger partial charge in [-0.2, -0.15) is 0 Å². The smallest absolute Gasteiger partial charge is 1.00 e. The Labute approximate surface area is 133 Å². The van der Waals surface area contributed by atoms with Crippen LogP contribution in [0.1, 0.15) is 81.5 Å². The Kier molecular flexibility index (Phi) is 13.2. The van der Waals surface area contributed by atoms with Crippen molar-refractivity contribution in [3.8, 4) is 0 Å². The molecule has 0 rings (SSSR count). The van der Waals surface area contributed by atoms with Crippen LogP contribution in [0.25, 0.3) is 0 Å². The van der Waals surface area contributed by atoms with Crippen LogP contribution in [-0.2, 0) is 21.4 Å². The predicted molar refractivity (Wildman–Crippen MR) is 87.7 cm³/mol. The van der Waals surface area contributed by atoms with E-state index < -0.39 is 21.4 Å². The summed E-state index contributed by atoms with van der Waals surface area (Å²) in [7, 11) is 0. The molecule has 0 aliphatic rings. The molecule has 0 nitrogen and oxygen atoms in total. The van der Waals surface area contributed by atoms with Gasteiger partial charge in [-0.3, -0.25) is 0 Å². The van der Waals surface area contributed by atoms with Crippen LogP contribution < -0.4 is 0 Å². The van der Waals surface area contributed by atoms with E-state index in [0.717, 1.165) is 17.8 Å². The molecule has 0 fully saturated rings. The SMILES string of the molecule is CC(C)CC[CH2][Hf]([CH2]CCC(C)C)[CH2]CCC(C)C.[H-]. The van der Waals surface area contributed by atoms with Gasteiger partial charge in [-0.1, -0.05) is 0 Å². The maximum absolute atomic E-state index is 2.38. The molecule has 19 heavy (non-hydrogen) atoms. The van der Waals surface area contributed by atoms with Crippen molar-refractivity contribution < 1.29 is 22.9 Å². The Morgan fingerprint density at radius 3 is 1.05 bits per heavy atom. The standard InChI is InChI=1S/3C6H13.Hf.H/c3*1-4-5-6(2)3;;/h3*6H,1,4-5H2,2-3H3;;/q;;;;-1. The molecule has 0 saturated heterocycles. The van der Waals surface area contributed by atoms with Crippen molar-refractivity contribution in [2.75, 3.05) is 0 Å². The van der Waals surface area contributed by atoms with Gasteiger partial charge in [-0.05, 0) is 0 Å². The molecule has 0 spiro atoms. The summed E-state index contributed by atoms with van der Waals surface area (Å²) >= 11 is -1.17. The van der Waals surface area contributed by atoms with Crippen molar-refractivity contribution >= 4 is 0 Å². The van der Waals surface area contributed by atoms with Crippen molar-refractivity contribution in [3.63, 3.8) is 0 Å². The Hall–Kier alpha value is 0.870. The Morgan fingerprint density at radius 1 is 0.579 bits per heavy atom. The quantitative estimate of drug-likeness (QED) is 0.283. The van der Waals surface area contributed by atoms with Gasteiger partial charge in [-0.15, -0.1) is 0 Å². The minimum absolute atomic E-state index is 0. The van der Waals surface area contributed by atoms with Crippen molar-refractivity contribution in [2.45, 2.75) is 92.6 Å². The molecule has 0 aliphatic carbocycles. The van der Waals surface area contributed by atoms with E-state index in [1.54, 1.807) is 31.8 Å². The Balaban J connectivity index is 0. The summed E-state index contributed by atoms with van der Waals surface area (Å²) < 4.78 is 5.08. The van der Waals surface area contributed by atoms with E-state index in [2.05, 4.69) is 41.5 Å². The predicted octanol–water partition coefficient (Wildman–Crippen LogP) is 7.28. The van der Waals surface area contributed by atoms with Gasteiger partial charge in [0.25, 0.3) is 0 Å². The summed E-state index contributed by atoms with van der Waals surface area (Å²) in [6.45, 7) is 14.3. The number of rotatable bonds is 12. The van der Waals surface area contributed by atoms with Crippen molar-refractivity contribution in [1.29, 1.82) is 0 Å². The molecular formula is C18H40Hf-. The second-order valence-corrected chi connectivity index (χ2v) is 18.4. The average Bonchev–Trinajstić information content (AvgIpc) is 2.26. The molecule has 0 aromatic carbocycles. The Morgan fingerprint density at radius 2 is 0.842 bits per heavy atom. The van der Waals surface area contributed by atoms with E-state index in [4.69, 9.17) is 0 Å². The molecular weight excluding hydrogens is 395 g/mol. The maximum atomic E-state index is 2.38. The fraction of sp³-hybridized carbons (Fsp3) is 1.00. The molecule has 0 aromatic rings. The summed E-state index contributed by atoms with van der Waals surface area (Å²) in [6.07, 6.45) is 9.06. The molecule has 0 aromatic heterocycles. The van der Waals surface area contributed by atoms with E-state index in [1.807, 2.05) is 0 Å². The van der Waals surface area contributed by atoms with Crippen LogP contribution in [0.5, 0.6) is 0 Å². The topological polar surface area (TPSA) is 0 Å². The molecule has 0 bridgehead atoms. The molecule has 1 heteroatoms. The third-order valence-electron chi connectivity index (χ3n) is 3.94. The van der Waals surface area contributed by atoms with Gasteiger partial charge in [0.2, 0.25) is 0 Å². The molecule has 0 heterocycles. The minimum atomic E-state index is -1.17. The van der Waals surface area contributed by atoms with Crippen LogP contribution in [0.15, 0.2) is 0 Å². The van der Waals surface area contributed by atoms with E-state index in [0.29, 0.717) is 0 Å². The average molecular weight is 435 g/mol. The van der Waals surface area contributed by atoms with Crippen LogP contribution in [0.4, 0.5) is 0 Å². The second kappa shape index (κ2) is 12.6. The first-order chi connectivity index (χ1) is 8.91. The summed E-state index contributed by atoms with van der Waals surface area (Å²) in [5, 5.41) is 0. The fourth-order valence-corrected chi connectivity index (χ4v) is 12.9. The largest absolute Gasteiger partial charge is 1.00 e. The summed E-state index contributed by atoms with van der Waals surface area (Å²) in [5.41, 5.74) is 0. The molecule has 0 radical (unpaired) electrons. The van der Waals surface area contributed by atoms with Crippen LogP contribution in [0.2, 0.25) is 12.5 Å². The van der Waals surface area contributed by atoms with Gasteiger partial charge in [0.15, 0.2) is 0 Å². The molecule has 0 unspecified atom stereocenters. The van der Waals surface area contributed by atoms with Gasteiger partial charge >= 0.3 is 132 Å². The Bertz CT molecular complexity index is 157. The van der Waals surface area contributed by atoms with Gasteiger partial charge in [0, 0.05) is 0 Å². The zero-order valence-corrected chi connectivity index (χ0v) is 18.2. The molecule has 0 aliphatic heterocycles. The summed E-state index contributed by atoms with van der Waals surface area (Å²) in [5.74, 6) is 2.75. The third-order valence-corrected chi connectivity index (χ3v) is 15.4. The monoisotopic (exact) mass is 436 g/mol. The zero-order chi connectivity index (χ0) is 14.7. The molecule has 0 atom stereocenters. The zero-order valence-electron chi connectivity index (χ0n) is 15.6.